The average Bonchev–Trinajstić information content (AvgIpc) is 2.95. The van der Waals surface area contributed by atoms with E-state index in [-0.39, 0.29) is 5.91 Å². The minimum absolute atomic E-state index is 0.186. The third-order valence-corrected chi connectivity index (χ3v) is 4.45. The molecule has 0 radical (unpaired) electrons. The van der Waals surface area contributed by atoms with Crippen molar-refractivity contribution in [3.8, 4) is 5.75 Å². The molecule has 2 aromatic carbocycles. The second-order valence-electron chi connectivity index (χ2n) is 5.22. The summed E-state index contributed by atoms with van der Waals surface area (Å²) in [6.07, 6.45) is 0. The van der Waals surface area contributed by atoms with Gasteiger partial charge in [0.25, 0.3) is 5.91 Å². The maximum Gasteiger partial charge on any atom is 0.269 e. The number of para-hydroxylation sites is 1. The zero-order valence-corrected chi connectivity index (χ0v) is 14.0. The van der Waals surface area contributed by atoms with Crippen molar-refractivity contribution >= 4 is 32.6 Å². The fourth-order valence-corrected chi connectivity index (χ4v) is 3.22. The van der Waals surface area contributed by atoms with E-state index >= 15 is 0 Å². The number of aromatic nitrogens is 1. The van der Waals surface area contributed by atoms with E-state index in [0.29, 0.717) is 16.4 Å². The molecule has 0 fully saturated rings. The number of anilines is 1. The summed E-state index contributed by atoms with van der Waals surface area (Å²) in [7, 11) is 1.61. The van der Waals surface area contributed by atoms with E-state index in [1.54, 1.807) is 7.11 Å². The molecule has 23 heavy (non-hydrogen) atoms. The van der Waals surface area contributed by atoms with Gasteiger partial charge in [-0.3, -0.25) is 15.6 Å². The minimum atomic E-state index is -0.186. The van der Waals surface area contributed by atoms with E-state index in [4.69, 9.17) is 4.74 Å². The van der Waals surface area contributed by atoms with E-state index in [0.717, 1.165) is 21.3 Å². The van der Waals surface area contributed by atoms with Crippen molar-refractivity contribution in [3.05, 3.63) is 53.1 Å². The van der Waals surface area contributed by atoms with Crippen LogP contribution in [0.2, 0.25) is 0 Å². The van der Waals surface area contributed by atoms with Crippen LogP contribution < -0.4 is 15.6 Å². The number of methoxy groups -OCH3 is 1. The lowest BCUT2D eigenvalue weighted by Crippen LogP contribution is -2.29. The van der Waals surface area contributed by atoms with Crippen LogP contribution >= 0.6 is 11.3 Å². The van der Waals surface area contributed by atoms with Gasteiger partial charge >= 0.3 is 0 Å². The Balaban J connectivity index is 1.76. The molecular formula is C17H17N3O2S. The quantitative estimate of drug-likeness (QED) is 0.718. The molecule has 0 aliphatic rings. The number of benzene rings is 2. The number of ether oxygens (including phenoxy) is 1. The summed E-state index contributed by atoms with van der Waals surface area (Å²) in [5.41, 5.74) is 9.06. The number of hydrazine groups is 1. The number of aryl methyl sites for hydroxylation is 2. The summed E-state index contributed by atoms with van der Waals surface area (Å²) in [6.45, 7) is 3.92. The van der Waals surface area contributed by atoms with Crippen molar-refractivity contribution in [2.45, 2.75) is 13.8 Å². The zero-order chi connectivity index (χ0) is 16.4. The molecule has 1 aromatic heterocycles. The summed E-state index contributed by atoms with van der Waals surface area (Å²) in [4.78, 5) is 16.7. The zero-order valence-electron chi connectivity index (χ0n) is 13.1. The van der Waals surface area contributed by atoms with Crippen LogP contribution in [0.1, 0.15) is 21.5 Å². The Morgan fingerprint density at radius 1 is 1.22 bits per heavy atom. The number of nitrogens with one attached hydrogen (secondary N) is 2. The predicted octanol–water partition coefficient (Wildman–Crippen LogP) is 3.68. The van der Waals surface area contributed by atoms with Gasteiger partial charge in [-0.2, -0.15) is 0 Å². The lowest BCUT2D eigenvalue weighted by Gasteiger charge is -2.08. The van der Waals surface area contributed by atoms with Gasteiger partial charge in [0.15, 0.2) is 0 Å². The van der Waals surface area contributed by atoms with Crippen LogP contribution in [0.15, 0.2) is 36.4 Å². The van der Waals surface area contributed by atoms with E-state index < -0.39 is 0 Å². The molecule has 0 saturated carbocycles. The first kappa shape index (κ1) is 15.3. The molecule has 2 N–H and O–H groups in total. The van der Waals surface area contributed by atoms with Crippen LogP contribution in [0.4, 0.5) is 5.13 Å². The van der Waals surface area contributed by atoms with E-state index in [9.17, 15) is 4.79 Å². The first-order valence-electron chi connectivity index (χ1n) is 7.15. The molecule has 118 valence electrons. The number of hydrogen-bond acceptors (Lipinski definition) is 5. The Kier molecular flexibility index (Phi) is 4.16. The van der Waals surface area contributed by atoms with Gasteiger partial charge < -0.3 is 4.74 Å². The average molecular weight is 327 g/mol. The van der Waals surface area contributed by atoms with Crippen LogP contribution in [0.25, 0.3) is 10.2 Å². The molecular weight excluding hydrogens is 310 g/mol. The fourth-order valence-electron chi connectivity index (χ4n) is 2.39. The van der Waals surface area contributed by atoms with Crippen LogP contribution in [0.3, 0.4) is 0 Å². The summed E-state index contributed by atoms with van der Waals surface area (Å²) in [6, 6.07) is 11.5. The standard InChI is InChI=1S/C17H17N3O2S/c1-10-7-8-12(11(2)9-10)16(21)19-20-17-18-15-13(22-3)5-4-6-14(15)23-17/h4-9H,1-3H3,(H,18,20)(H,19,21). The normalized spacial score (nSPS) is 10.6. The van der Waals surface area contributed by atoms with Gasteiger partial charge in [-0.05, 0) is 37.6 Å². The van der Waals surface area contributed by atoms with Crippen LogP contribution in [0, 0.1) is 13.8 Å². The molecule has 1 heterocycles. The highest BCUT2D eigenvalue weighted by Gasteiger charge is 2.11. The minimum Gasteiger partial charge on any atom is -0.494 e. The molecule has 0 aliphatic heterocycles. The smallest absolute Gasteiger partial charge is 0.269 e. The lowest BCUT2D eigenvalue weighted by molar-refractivity contribution is 0.0962. The molecule has 0 atom stereocenters. The molecule has 0 saturated heterocycles. The summed E-state index contributed by atoms with van der Waals surface area (Å²) in [5, 5.41) is 0.614. The Morgan fingerprint density at radius 2 is 2.04 bits per heavy atom. The van der Waals surface area contributed by atoms with Gasteiger partial charge in [0, 0.05) is 5.56 Å². The number of rotatable bonds is 4. The number of fused-ring (bicyclic) bond motifs is 1. The fraction of sp³-hybridized carbons (Fsp3) is 0.176. The van der Waals surface area contributed by atoms with Crippen LogP contribution in [0.5, 0.6) is 5.75 Å². The maximum absolute atomic E-state index is 12.3. The number of thiazole rings is 1. The highest BCUT2D eigenvalue weighted by atomic mass is 32.1. The Morgan fingerprint density at radius 3 is 2.78 bits per heavy atom. The van der Waals surface area contributed by atoms with Crippen molar-refractivity contribution in [2.24, 2.45) is 0 Å². The van der Waals surface area contributed by atoms with Crippen molar-refractivity contribution in [1.29, 1.82) is 0 Å². The van der Waals surface area contributed by atoms with Gasteiger partial charge in [0.05, 0.1) is 11.8 Å². The van der Waals surface area contributed by atoms with Crippen molar-refractivity contribution < 1.29 is 9.53 Å². The molecule has 3 rings (SSSR count). The van der Waals surface area contributed by atoms with E-state index in [1.807, 2.05) is 50.2 Å². The lowest BCUT2D eigenvalue weighted by atomic mass is 10.1. The number of carbonyl (C=O) groups is 1. The molecule has 3 aromatic rings. The predicted molar refractivity (Wildman–Crippen MR) is 93.2 cm³/mol. The van der Waals surface area contributed by atoms with Crippen molar-refractivity contribution in [1.82, 2.24) is 10.4 Å². The second-order valence-corrected chi connectivity index (χ2v) is 6.25. The third-order valence-electron chi connectivity index (χ3n) is 3.51. The highest BCUT2D eigenvalue weighted by molar-refractivity contribution is 7.22. The number of amides is 1. The summed E-state index contributed by atoms with van der Waals surface area (Å²) < 4.78 is 6.28. The van der Waals surface area contributed by atoms with E-state index in [1.165, 1.54) is 11.3 Å². The second kappa shape index (κ2) is 6.26. The van der Waals surface area contributed by atoms with Gasteiger partial charge in [0.1, 0.15) is 11.3 Å². The van der Waals surface area contributed by atoms with Gasteiger partial charge in [-0.1, -0.05) is 35.1 Å². The first-order chi connectivity index (χ1) is 11.1. The number of hydrogen-bond donors (Lipinski definition) is 2. The molecule has 0 spiro atoms. The number of nitrogens with zero attached hydrogens (tertiary/aromatic N) is 1. The van der Waals surface area contributed by atoms with Gasteiger partial charge in [0.2, 0.25) is 5.13 Å². The van der Waals surface area contributed by atoms with Crippen molar-refractivity contribution in [2.75, 3.05) is 12.5 Å². The third kappa shape index (κ3) is 3.12. The Hall–Kier alpha value is -2.60. The monoisotopic (exact) mass is 327 g/mol. The van der Waals surface area contributed by atoms with Crippen molar-refractivity contribution in [3.63, 3.8) is 0 Å². The van der Waals surface area contributed by atoms with Gasteiger partial charge in [-0.25, -0.2) is 4.98 Å². The van der Waals surface area contributed by atoms with Crippen LogP contribution in [-0.4, -0.2) is 18.0 Å². The first-order valence-corrected chi connectivity index (χ1v) is 7.97. The molecule has 0 bridgehead atoms. The molecule has 0 unspecified atom stereocenters. The Bertz CT molecular complexity index is 873. The number of carbonyl (C=O) groups excluding carboxylic acids is 1. The van der Waals surface area contributed by atoms with E-state index in [2.05, 4.69) is 15.8 Å². The van der Waals surface area contributed by atoms with Crippen LogP contribution in [-0.2, 0) is 0 Å². The SMILES string of the molecule is COc1cccc2sc(NNC(=O)c3ccc(C)cc3C)nc12. The molecule has 0 aliphatic carbocycles. The molecule has 6 heteroatoms. The highest BCUT2D eigenvalue weighted by Crippen LogP contribution is 2.31. The largest absolute Gasteiger partial charge is 0.494 e. The molecule has 1 amide bonds. The topological polar surface area (TPSA) is 63.2 Å². The Labute approximate surface area is 138 Å². The summed E-state index contributed by atoms with van der Waals surface area (Å²) >= 11 is 1.45. The molecule has 5 nitrogen and oxygen atoms in total. The maximum atomic E-state index is 12.3. The summed E-state index contributed by atoms with van der Waals surface area (Å²) in [5.74, 6) is 0.529. The van der Waals surface area contributed by atoms with Gasteiger partial charge in [-0.15, -0.1) is 0 Å².